The van der Waals surface area contributed by atoms with Crippen molar-refractivity contribution >= 4 is 17.6 Å². The summed E-state index contributed by atoms with van der Waals surface area (Å²) in [5, 5.41) is 0. The van der Waals surface area contributed by atoms with Crippen molar-refractivity contribution in [1.29, 1.82) is 0 Å². The molecule has 0 aromatic heterocycles. The zero-order valence-electron chi connectivity index (χ0n) is 6.40. The molecule has 1 aromatic rings. The van der Waals surface area contributed by atoms with E-state index in [4.69, 9.17) is 0 Å². The Hall–Kier alpha value is -1.70. The van der Waals surface area contributed by atoms with Crippen LogP contribution in [0.1, 0.15) is 5.56 Å². The Morgan fingerprint density at radius 2 is 1.83 bits per heavy atom. The van der Waals surface area contributed by atoms with Gasteiger partial charge in [-0.15, -0.1) is 0 Å². The van der Waals surface area contributed by atoms with Crippen LogP contribution in [0.3, 0.4) is 0 Å². The average molecular weight is 157 g/mol. The van der Waals surface area contributed by atoms with Crippen molar-refractivity contribution in [2.75, 3.05) is 0 Å². The summed E-state index contributed by atoms with van der Waals surface area (Å²) in [6.45, 7) is 0. The van der Waals surface area contributed by atoms with Crippen LogP contribution in [0, 0.1) is 0 Å². The molecule has 1 aromatic carbocycles. The summed E-state index contributed by atoms with van der Waals surface area (Å²) in [6, 6.07) is 9.53. The molecule has 12 heavy (non-hydrogen) atoms. The van der Waals surface area contributed by atoms with E-state index < -0.39 is 0 Å². The summed E-state index contributed by atoms with van der Waals surface area (Å²) in [5.41, 5.74) is 1.61. The minimum atomic E-state index is -0.0128. The van der Waals surface area contributed by atoms with Crippen LogP contribution in [0.4, 0.5) is 0 Å². The smallest absolute Gasteiger partial charge is 0.206 e. The number of benzene rings is 1. The topological polar surface area (TPSA) is 29.4 Å². The van der Waals surface area contributed by atoms with Crippen LogP contribution in [-0.4, -0.2) is 12.0 Å². The Bertz CT molecular complexity index is 363. The molecule has 2 rings (SSSR count). The maximum absolute atomic E-state index is 11.2. The Morgan fingerprint density at radius 1 is 1.08 bits per heavy atom. The van der Waals surface area contributed by atoms with E-state index in [2.05, 4.69) is 4.99 Å². The van der Waals surface area contributed by atoms with Gasteiger partial charge in [-0.2, -0.15) is 0 Å². The summed E-state index contributed by atoms with van der Waals surface area (Å²) in [7, 11) is 0. The molecule has 0 bridgehead atoms. The minimum absolute atomic E-state index is 0.0128. The Labute approximate surface area is 70.3 Å². The first-order valence-corrected chi connectivity index (χ1v) is 3.71. The van der Waals surface area contributed by atoms with Crippen molar-refractivity contribution in [3.8, 4) is 0 Å². The van der Waals surface area contributed by atoms with Gasteiger partial charge in [0.2, 0.25) is 5.78 Å². The summed E-state index contributed by atoms with van der Waals surface area (Å²) in [6.07, 6.45) is 2.93. The number of rotatable bonds is 1. The lowest BCUT2D eigenvalue weighted by Gasteiger charge is -1.96. The van der Waals surface area contributed by atoms with Crippen molar-refractivity contribution in [2.24, 2.45) is 4.99 Å². The van der Waals surface area contributed by atoms with E-state index in [0.717, 1.165) is 5.56 Å². The van der Waals surface area contributed by atoms with Gasteiger partial charge in [-0.3, -0.25) is 9.79 Å². The predicted molar refractivity (Wildman–Crippen MR) is 47.9 cm³/mol. The molecule has 1 aliphatic heterocycles. The molecule has 2 nitrogen and oxygen atoms in total. The molecule has 0 atom stereocenters. The first-order valence-electron chi connectivity index (χ1n) is 3.71. The average Bonchev–Trinajstić information content (AvgIpc) is 2.53. The second-order valence-electron chi connectivity index (χ2n) is 2.55. The molecule has 2 heteroatoms. The molecule has 0 N–H and O–H groups in total. The molecule has 0 aliphatic carbocycles. The summed E-state index contributed by atoms with van der Waals surface area (Å²) < 4.78 is 0. The second-order valence-corrected chi connectivity index (χ2v) is 2.55. The number of allylic oxidation sites excluding steroid dienone is 1. The van der Waals surface area contributed by atoms with Gasteiger partial charge in [0.1, 0.15) is 0 Å². The number of nitrogens with zero attached hydrogens (tertiary/aromatic N) is 1. The number of hydrogen-bond donors (Lipinski definition) is 0. The number of aliphatic imine (C=N–C) groups is 1. The molecular formula is C10H7NO. The van der Waals surface area contributed by atoms with Crippen LogP contribution in [0.2, 0.25) is 0 Å². The van der Waals surface area contributed by atoms with E-state index >= 15 is 0 Å². The van der Waals surface area contributed by atoms with Gasteiger partial charge >= 0.3 is 0 Å². The maximum Gasteiger partial charge on any atom is 0.206 e. The van der Waals surface area contributed by atoms with Crippen molar-refractivity contribution < 1.29 is 4.79 Å². The molecule has 0 radical (unpaired) electrons. The first-order chi connectivity index (χ1) is 5.88. The van der Waals surface area contributed by atoms with Gasteiger partial charge in [-0.25, -0.2) is 0 Å². The fraction of sp³-hybridized carbons (Fsp3) is 0. The normalized spacial score (nSPS) is 15.0. The molecule has 0 unspecified atom stereocenters. The lowest BCUT2D eigenvalue weighted by atomic mass is 10.1. The van der Waals surface area contributed by atoms with Crippen LogP contribution >= 0.6 is 0 Å². The molecule has 0 amide bonds. The predicted octanol–water partition coefficient (Wildman–Crippen LogP) is 1.68. The Balaban J connectivity index is 2.40. The minimum Gasteiger partial charge on any atom is -0.287 e. The quantitative estimate of drug-likeness (QED) is 0.609. The van der Waals surface area contributed by atoms with E-state index in [1.54, 1.807) is 6.20 Å². The fourth-order valence-electron chi connectivity index (χ4n) is 1.15. The van der Waals surface area contributed by atoms with Gasteiger partial charge in [-0.1, -0.05) is 30.3 Å². The van der Waals surface area contributed by atoms with Crippen molar-refractivity contribution in [1.82, 2.24) is 0 Å². The highest BCUT2D eigenvalue weighted by atomic mass is 16.1. The molecule has 0 saturated carbocycles. The lowest BCUT2D eigenvalue weighted by molar-refractivity contribution is -0.107. The van der Waals surface area contributed by atoms with Gasteiger partial charge in [0.15, 0.2) is 0 Å². The third-order valence-electron chi connectivity index (χ3n) is 1.75. The largest absolute Gasteiger partial charge is 0.287 e. The first kappa shape index (κ1) is 6.98. The third-order valence-corrected chi connectivity index (χ3v) is 1.75. The number of carbonyl (C=O) groups excluding carboxylic acids is 1. The summed E-state index contributed by atoms with van der Waals surface area (Å²) >= 11 is 0. The highest BCUT2D eigenvalue weighted by Gasteiger charge is 2.12. The lowest BCUT2D eigenvalue weighted by Crippen LogP contribution is -1.97. The van der Waals surface area contributed by atoms with Crippen molar-refractivity contribution in [2.45, 2.75) is 0 Å². The Morgan fingerprint density at radius 3 is 2.42 bits per heavy atom. The number of Topliss-reactive ketones (excluding diaryl/α,β-unsaturated/α-hetero) is 1. The van der Waals surface area contributed by atoms with Crippen LogP contribution in [0.5, 0.6) is 0 Å². The van der Waals surface area contributed by atoms with Crippen molar-refractivity contribution in [3.63, 3.8) is 0 Å². The van der Waals surface area contributed by atoms with E-state index in [1.807, 2.05) is 30.3 Å². The van der Waals surface area contributed by atoms with Crippen LogP contribution in [0.25, 0.3) is 5.57 Å². The SMILES string of the molecule is O=C1C=NC=C1c1ccccc1. The fourth-order valence-corrected chi connectivity index (χ4v) is 1.15. The number of carbonyl (C=O) groups is 1. The molecular weight excluding hydrogens is 150 g/mol. The maximum atomic E-state index is 11.2. The van der Waals surface area contributed by atoms with Gasteiger partial charge in [-0.05, 0) is 5.56 Å². The monoisotopic (exact) mass is 157 g/mol. The zero-order chi connectivity index (χ0) is 8.39. The van der Waals surface area contributed by atoms with Gasteiger partial charge in [0.05, 0.1) is 6.21 Å². The van der Waals surface area contributed by atoms with E-state index in [-0.39, 0.29) is 5.78 Å². The highest BCUT2D eigenvalue weighted by Crippen LogP contribution is 2.17. The molecule has 0 saturated heterocycles. The summed E-state index contributed by atoms with van der Waals surface area (Å²) in [5.74, 6) is -0.0128. The van der Waals surface area contributed by atoms with Gasteiger partial charge in [0, 0.05) is 11.8 Å². The molecule has 58 valence electrons. The summed E-state index contributed by atoms with van der Waals surface area (Å²) in [4.78, 5) is 14.9. The van der Waals surface area contributed by atoms with Gasteiger partial charge in [0.25, 0.3) is 0 Å². The number of hydrogen-bond acceptors (Lipinski definition) is 2. The second kappa shape index (κ2) is 2.74. The van der Waals surface area contributed by atoms with Crippen LogP contribution < -0.4 is 0 Å². The standard InChI is InChI=1S/C10H7NO/c12-10-7-11-6-9(10)8-4-2-1-3-5-8/h1-7H. The van der Waals surface area contributed by atoms with Gasteiger partial charge < -0.3 is 0 Å². The van der Waals surface area contributed by atoms with Crippen LogP contribution in [-0.2, 0) is 4.79 Å². The van der Waals surface area contributed by atoms with Crippen molar-refractivity contribution in [3.05, 3.63) is 42.1 Å². The Kier molecular flexibility index (Phi) is 1.59. The molecule has 0 fully saturated rings. The van der Waals surface area contributed by atoms with Crippen LogP contribution in [0.15, 0.2) is 41.5 Å². The molecule has 1 heterocycles. The molecule has 1 aliphatic rings. The van der Waals surface area contributed by atoms with E-state index in [1.165, 1.54) is 6.21 Å². The van der Waals surface area contributed by atoms with E-state index in [9.17, 15) is 4.79 Å². The number of ketones is 1. The zero-order valence-corrected chi connectivity index (χ0v) is 6.40. The third kappa shape index (κ3) is 1.07. The van der Waals surface area contributed by atoms with E-state index in [0.29, 0.717) is 5.57 Å². The molecule has 0 spiro atoms. The highest BCUT2D eigenvalue weighted by molar-refractivity contribution is 6.49.